The zero-order valence-corrected chi connectivity index (χ0v) is 20.2. The standard InChI is InChI=1S/C27H37N3O3/c1-19-13-20(5-4-12-33-3)15-21(14-19)18-30(23-6-7-23)27(32)25-17-28-10-8-24(25)22-9-11-29(2)26(31)16-22/h9,11,13-16,23-25,28H,4-8,10,12,17-18H2,1-3H3. The largest absolute Gasteiger partial charge is 0.385 e. The highest BCUT2D eigenvalue weighted by molar-refractivity contribution is 5.81. The second kappa shape index (κ2) is 10.7. The van der Waals surface area contributed by atoms with Crippen molar-refractivity contribution < 1.29 is 9.53 Å². The summed E-state index contributed by atoms with van der Waals surface area (Å²) < 4.78 is 6.79. The molecular weight excluding hydrogens is 414 g/mol. The molecule has 2 unspecified atom stereocenters. The first-order valence-corrected chi connectivity index (χ1v) is 12.2. The van der Waals surface area contributed by atoms with Crippen molar-refractivity contribution in [2.24, 2.45) is 13.0 Å². The fraction of sp³-hybridized carbons (Fsp3) is 0.556. The van der Waals surface area contributed by atoms with Crippen molar-refractivity contribution in [3.8, 4) is 0 Å². The second-order valence-corrected chi connectivity index (χ2v) is 9.74. The van der Waals surface area contributed by atoms with E-state index in [4.69, 9.17) is 4.74 Å². The number of aromatic nitrogens is 1. The van der Waals surface area contributed by atoms with E-state index in [2.05, 4.69) is 35.3 Å². The number of amides is 1. The van der Waals surface area contributed by atoms with Crippen LogP contribution in [0.4, 0.5) is 0 Å². The van der Waals surface area contributed by atoms with Crippen molar-refractivity contribution in [1.29, 1.82) is 0 Å². The number of ether oxygens (including phenoxy) is 1. The van der Waals surface area contributed by atoms with Gasteiger partial charge in [0.05, 0.1) is 5.92 Å². The molecule has 1 saturated carbocycles. The third kappa shape index (κ3) is 5.92. The van der Waals surface area contributed by atoms with Gasteiger partial charge in [-0.1, -0.05) is 23.8 Å². The zero-order chi connectivity index (χ0) is 23.4. The minimum atomic E-state index is -0.141. The third-order valence-electron chi connectivity index (χ3n) is 6.99. The molecule has 6 heteroatoms. The first-order valence-electron chi connectivity index (χ1n) is 12.2. The van der Waals surface area contributed by atoms with Crippen molar-refractivity contribution in [2.75, 3.05) is 26.8 Å². The van der Waals surface area contributed by atoms with Gasteiger partial charge in [0.2, 0.25) is 5.91 Å². The van der Waals surface area contributed by atoms with E-state index in [9.17, 15) is 9.59 Å². The van der Waals surface area contributed by atoms with Crippen LogP contribution in [0.15, 0.2) is 41.3 Å². The summed E-state index contributed by atoms with van der Waals surface area (Å²) in [7, 11) is 3.50. The highest BCUT2D eigenvalue weighted by Crippen LogP contribution is 2.36. The molecule has 2 atom stereocenters. The molecular formula is C27H37N3O3. The molecule has 6 nitrogen and oxygen atoms in total. The molecule has 178 valence electrons. The lowest BCUT2D eigenvalue weighted by Gasteiger charge is -2.36. The molecule has 4 rings (SSSR count). The number of aryl methyl sites for hydroxylation is 3. The van der Waals surface area contributed by atoms with E-state index in [-0.39, 0.29) is 23.3 Å². The molecule has 2 fully saturated rings. The highest BCUT2D eigenvalue weighted by atomic mass is 16.5. The van der Waals surface area contributed by atoms with Gasteiger partial charge in [-0.15, -0.1) is 0 Å². The maximum Gasteiger partial charge on any atom is 0.250 e. The molecule has 1 aliphatic heterocycles. The van der Waals surface area contributed by atoms with Gasteiger partial charge in [0.15, 0.2) is 0 Å². The van der Waals surface area contributed by atoms with Crippen molar-refractivity contribution in [3.63, 3.8) is 0 Å². The fourth-order valence-electron chi connectivity index (χ4n) is 5.10. The van der Waals surface area contributed by atoms with Gasteiger partial charge < -0.3 is 19.5 Å². The molecule has 2 aliphatic rings. The van der Waals surface area contributed by atoms with E-state index >= 15 is 0 Å². The third-order valence-corrected chi connectivity index (χ3v) is 6.99. The van der Waals surface area contributed by atoms with Gasteiger partial charge in [0, 0.05) is 52.2 Å². The monoisotopic (exact) mass is 451 g/mol. The van der Waals surface area contributed by atoms with Gasteiger partial charge in [-0.2, -0.15) is 0 Å². The number of methoxy groups -OCH3 is 1. The van der Waals surface area contributed by atoms with E-state index in [0.29, 0.717) is 19.1 Å². The van der Waals surface area contributed by atoms with Crippen LogP contribution in [0.2, 0.25) is 0 Å². The number of carbonyl (C=O) groups is 1. The van der Waals surface area contributed by atoms with Crippen molar-refractivity contribution >= 4 is 5.91 Å². The Hall–Kier alpha value is -2.44. The Balaban J connectivity index is 1.54. The summed E-state index contributed by atoms with van der Waals surface area (Å²) in [5.74, 6) is 0.159. The predicted molar refractivity (Wildman–Crippen MR) is 130 cm³/mol. The molecule has 2 heterocycles. The summed E-state index contributed by atoms with van der Waals surface area (Å²) in [6.07, 6.45) is 6.83. The van der Waals surface area contributed by atoms with Gasteiger partial charge in [-0.3, -0.25) is 9.59 Å². The van der Waals surface area contributed by atoms with Crippen LogP contribution in [0.25, 0.3) is 0 Å². The number of hydrogen-bond donors (Lipinski definition) is 1. The number of pyridine rings is 1. The maximum absolute atomic E-state index is 13.9. The lowest BCUT2D eigenvalue weighted by atomic mass is 9.80. The number of benzene rings is 1. The van der Waals surface area contributed by atoms with Crippen LogP contribution in [0, 0.1) is 12.8 Å². The van der Waals surface area contributed by atoms with Gasteiger partial charge >= 0.3 is 0 Å². The number of hydrogen-bond acceptors (Lipinski definition) is 4. The van der Waals surface area contributed by atoms with Crippen LogP contribution in [-0.2, 0) is 29.5 Å². The second-order valence-electron chi connectivity index (χ2n) is 9.74. The predicted octanol–water partition coefficient (Wildman–Crippen LogP) is 3.16. The minimum Gasteiger partial charge on any atom is -0.385 e. The molecule has 2 aromatic rings. The molecule has 1 amide bonds. The molecule has 1 aromatic carbocycles. The Bertz CT molecular complexity index is 1030. The van der Waals surface area contributed by atoms with E-state index in [1.54, 1.807) is 24.8 Å². The van der Waals surface area contributed by atoms with E-state index in [1.165, 1.54) is 16.7 Å². The Kier molecular flexibility index (Phi) is 7.66. The van der Waals surface area contributed by atoms with Crippen molar-refractivity contribution in [2.45, 2.75) is 57.5 Å². The highest BCUT2D eigenvalue weighted by Gasteiger charge is 2.40. The van der Waals surface area contributed by atoms with Gasteiger partial charge in [0.25, 0.3) is 5.56 Å². The SMILES string of the molecule is COCCCc1cc(C)cc(CN(C(=O)C2CNCCC2c2ccn(C)c(=O)c2)C2CC2)c1. The van der Waals surface area contributed by atoms with Gasteiger partial charge in [-0.25, -0.2) is 0 Å². The number of rotatable bonds is 9. The Morgan fingerprint density at radius 3 is 2.70 bits per heavy atom. The van der Waals surface area contributed by atoms with Gasteiger partial charge in [0.1, 0.15) is 0 Å². The molecule has 0 spiro atoms. The normalized spacial score (nSPS) is 20.6. The first-order chi connectivity index (χ1) is 16.0. The van der Waals surface area contributed by atoms with Crippen LogP contribution in [-0.4, -0.2) is 48.2 Å². The lowest BCUT2D eigenvalue weighted by molar-refractivity contribution is -0.138. The maximum atomic E-state index is 13.9. The van der Waals surface area contributed by atoms with Crippen molar-refractivity contribution in [1.82, 2.24) is 14.8 Å². The molecule has 33 heavy (non-hydrogen) atoms. The smallest absolute Gasteiger partial charge is 0.250 e. The molecule has 1 N–H and O–H groups in total. The Morgan fingerprint density at radius 2 is 1.97 bits per heavy atom. The number of carbonyl (C=O) groups excluding carboxylic acids is 1. The number of nitrogens with one attached hydrogen (secondary N) is 1. The summed E-state index contributed by atoms with van der Waals surface area (Å²) in [5.41, 5.74) is 4.72. The van der Waals surface area contributed by atoms with Crippen LogP contribution in [0.3, 0.4) is 0 Å². The van der Waals surface area contributed by atoms with E-state index in [0.717, 1.165) is 50.8 Å². The minimum absolute atomic E-state index is 0.0166. The zero-order valence-electron chi connectivity index (χ0n) is 20.2. The summed E-state index contributed by atoms with van der Waals surface area (Å²) in [4.78, 5) is 28.3. The van der Waals surface area contributed by atoms with Crippen LogP contribution in [0.5, 0.6) is 0 Å². The van der Waals surface area contributed by atoms with Crippen LogP contribution < -0.4 is 10.9 Å². The average Bonchev–Trinajstić information content (AvgIpc) is 3.64. The molecule has 1 saturated heterocycles. The first kappa shape index (κ1) is 23.7. The fourth-order valence-corrected chi connectivity index (χ4v) is 5.10. The summed E-state index contributed by atoms with van der Waals surface area (Å²) >= 11 is 0. The molecule has 0 bridgehead atoms. The quantitative estimate of drug-likeness (QED) is 0.595. The van der Waals surface area contributed by atoms with E-state index in [1.807, 2.05) is 12.3 Å². The van der Waals surface area contributed by atoms with Crippen molar-refractivity contribution in [3.05, 3.63) is 69.1 Å². The average molecular weight is 452 g/mol. The molecule has 0 radical (unpaired) electrons. The van der Waals surface area contributed by atoms with E-state index < -0.39 is 0 Å². The topological polar surface area (TPSA) is 63.6 Å². The number of nitrogens with zero attached hydrogens (tertiary/aromatic N) is 2. The molecule has 1 aromatic heterocycles. The van der Waals surface area contributed by atoms with Crippen LogP contribution >= 0.6 is 0 Å². The Labute approximate surface area is 196 Å². The summed E-state index contributed by atoms with van der Waals surface area (Å²) in [6, 6.07) is 10.7. The molecule has 1 aliphatic carbocycles. The number of piperidine rings is 1. The summed E-state index contributed by atoms with van der Waals surface area (Å²) in [5, 5.41) is 3.42. The van der Waals surface area contributed by atoms with Crippen LogP contribution in [0.1, 0.15) is 53.9 Å². The van der Waals surface area contributed by atoms with Gasteiger partial charge in [-0.05, 0) is 74.2 Å². The lowest BCUT2D eigenvalue weighted by Crippen LogP contribution is -2.47. The summed E-state index contributed by atoms with van der Waals surface area (Å²) in [6.45, 7) is 5.08. The Morgan fingerprint density at radius 1 is 1.18 bits per heavy atom.